The van der Waals surface area contributed by atoms with E-state index >= 15 is 0 Å². The Kier molecular flexibility index (Phi) is 6.49. The summed E-state index contributed by atoms with van der Waals surface area (Å²) < 4.78 is 38.0. The highest BCUT2D eigenvalue weighted by molar-refractivity contribution is 7.84. The van der Waals surface area contributed by atoms with Crippen LogP contribution in [-0.2, 0) is 19.2 Å². The Labute approximate surface area is 129 Å². The molecule has 1 amide bonds. The molecule has 1 rings (SSSR count). The van der Waals surface area contributed by atoms with Crippen molar-refractivity contribution in [2.24, 2.45) is 0 Å². The molecule has 1 atom stereocenters. The van der Waals surface area contributed by atoms with Crippen LogP contribution in [0.1, 0.15) is 6.92 Å². The Morgan fingerprint density at radius 1 is 1.36 bits per heavy atom. The van der Waals surface area contributed by atoms with Gasteiger partial charge in [0.05, 0.1) is 7.11 Å². The first kappa shape index (κ1) is 17.6. The van der Waals surface area contributed by atoms with Gasteiger partial charge in [0.15, 0.2) is 6.10 Å². The number of nitrogens with one attached hydrogen (secondary N) is 2. The lowest BCUT2D eigenvalue weighted by Gasteiger charge is -2.09. The zero-order chi connectivity index (χ0) is 16.6. The van der Waals surface area contributed by atoms with Crippen molar-refractivity contribution in [3.05, 3.63) is 24.3 Å². The molecular weight excluding hydrogens is 312 g/mol. The Bertz CT molecular complexity index is 677. The third kappa shape index (κ3) is 6.34. The fourth-order valence-electron chi connectivity index (χ4n) is 1.24. The highest BCUT2D eigenvalue weighted by Gasteiger charge is 2.09. The fraction of sp³-hybridized carbons (Fsp3) is 0.308. The largest absolute Gasteiger partial charge is 0.497 e. The fourth-order valence-corrected chi connectivity index (χ4v) is 1.48. The Hall–Kier alpha value is -2.44. The van der Waals surface area contributed by atoms with E-state index in [0.29, 0.717) is 11.4 Å². The molecule has 0 spiro atoms. The van der Waals surface area contributed by atoms with Crippen LogP contribution in [-0.4, -0.2) is 34.8 Å². The van der Waals surface area contributed by atoms with Crippen molar-refractivity contribution in [2.45, 2.75) is 13.0 Å². The quantitative estimate of drug-likeness (QED) is 0.784. The number of ether oxygens (including phenoxy) is 2. The summed E-state index contributed by atoms with van der Waals surface area (Å²) in [5.74, 6) is 2.89. The average Bonchev–Trinajstić information content (AvgIpc) is 2.47. The van der Waals surface area contributed by atoms with Gasteiger partial charge in [-0.05, 0) is 25.0 Å². The summed E-state index contributed by atoms with van der Waals surface area (Å²) in [4.78, 5) is 11.6. The minimum atomic E-state index is -3.89. The number of benzene rings is 1. The van der Waals surface area contributed by atoms with Crippen LogP contribution in [0.5, 0.6) is 5.75 Å². The molecule has 0 aromatic heterocycles. The van der Waals surface area contributed by atoms with Crippen molar-refractivity contribution >= 4 is 22.1 Å². The minimum Gasteiger partial charge on any atom is -0.497 e. The number of hydrogen-bond acceptors (Lipinski definition) is 6. The number of anilines is 1. The van der Waals surface area contributed by atoms with E-state index in [-0.39, 0.29) is 0 Å². The molecule has 0 aliphatic carbocycles. The van der Waals surface area contributed by atoms with Gasteiger partial charge in [-0.3, -0.25) is 5.32 Å². The van der Waals surface area contributed by atoms with Gasteiger partial charge in [-0.1, -0.05) is 6.07 Å². The number of hydrogen-bond donors (Lipinski definition) is 2. The third-order valence-electron chi connectivity index (χ3n) is 2.26. The van der Waals surface area contributed by atoms with Gasteiger partial charge in [-0.2, -0.15) is 13.1 Å². The lowest BCUT2D eigenvalue weighted by Crippen LogP contribution is -2.20. The summed E-state index contributed by atoms with van der Waals surface area (Å²) in [5, 5.41) is 2.49. The topological polar surface area (TPSA) is 103 Å². The van der Waals surface area contributed by atoms with Gasteiger partial charge in [0.2, 0.25) is 0 Å². The molecule has 0 saturated heterocycles. The highest BCUT2D eigenvalue weighted by Crippen LogP contribution is 2.16. The van der Waals surface area contributed by atoms with Crippen LogP contribution in [0, 0.1) is 12.0 Å². The molecule has 9 heteroatoms. The molecular formula is C13H16N2O6S. The monoisotopic (exact) mass is 328 g/mol. The van der Waals surface area contributed by atoms with Crippen molar-refractivity contribution in [3.63, 3.8) is 0 Å². The summed E-state index contributed by atoms with van der Waals surface area (Å²) in [6, 6.07) is 6.70. The minimum absolute atomic E-state index is 0.485. The number of carbonyl (C=O) groups excluding carboxylic acids is 1. The molecule has 0 bridgehead atoms. The van der Waals surface area contributed by atoms with Gasteiger partial charge >= 0.3 is 16.4 Å². The van der Waals surface area contributed by atoms with E-state index < -0.39 is 22.5 Å². The molecule has 0 heterocycles. The van der Waals surface area contributed by atoms with Crippen LogP contribution in [0.15, 0.2) is 24.3 Å². The Balaban J connectivity index is 2.52. The normalized spacial score (nSPS) is 11.6. The molecule has 0 aliphatic rings. The number of amides is 1. The van der Waals surface area contributed by atoms with Crippen molar-refractivity contribution in [1.82, 2.24) is 4.72 Å². The van der Waals surface area contributed by atoms with E-state index in [1.807, 2.05) is 10.8 Å². The Morgan fingerprint density at radius 2 is 2.09 bits per heavy atom. The molecule has 0 saturated carbocycles. The molecule has 0 fully saturated rings. The van der Waals surface area contributed by atoms with Gasteiger partial charge in [-0.25, -0.2) is 4.79 Å². The summed E-state index contributed by atoms with van der Waals surface area (Å²) >= 11 is 0. The Morgan fingerprint density at radius 3 is 2.73 bits per heavy atom. The van der Waals surface area contributed by atoms with Crippen molar-refractivity contribution < 1.29 is 26.9 Å². The first-order valence-corrected chi connectivity index (χ1v) is 7.51. The summed E-state index contributed by atoms with van der Waals surface area (Å²) in [6.45, 7) is 1.47. The SMILES string of the molecule is CNS(=O)(=O)OC#CC(C)OC(=O)Nc1cccc(OC)c1. The van der Waals surface area contributed by atoms with Crippen LogP contribution in [0.3, 0.4) is 0 Å². The van der Waals surface area contributed by atoms with E-state index in [2.05, 4.69) is 15.4 Å². The maximum absolute atomic E-state index is 11.6. The predicted octanol–water partition coefficient (Wildman–Crippen LogP) is 1.07. The molecule has 8 nitrogen and oxygen atoms in total. The van der Waals surface area contributed by atoms with E-state index in [1.165, 1.54) is 21.1 Å². The molecule has 2 N–H and O–H groups in total. The average molecular weight is 328 g/mol. The van der Waals surface area contributed by atoms with Gasteiger partial charge in [0.25, 0.3) is 0 Å². The van der Waals surface area contributed by atoms with Crippen LogP contribution >= 0.6 is 0 Å². The maximum atomic E-state index is 11.6. The lowest BCUT2D eigenvalue weighted by atomic mass is 10.3. The molecule has 0 radical (unpaired) electrons. The summed E-state index contributed by atoms with van der Waals surface area (Å²) in [7, 11) is -1.21. The summed E-state index contributed by atoms with van der Waals surface area (Å²) in [5.41, 5.74) is 0.485. The molecule has 1 aromatic rings. The third-order valence-corrected chi connectivity index (χ3v) is 3.07. The molecule has 22 heavy (non-hydrogen) atoms. The van der Waals surface area contributed by atoms with Crippen LogP contribution in [0.25, 0.3) is 0 Å². The van der Waals surface area contributed by atoms with Crippen LogP contribution in [0.2, 0.25) is 0 Å². The first-order chi connectivity index (χ1) is 10.4. The van der Waals surface area contributed by atoms with Gasteiger partial charge in [0, 0.05) is 18.8 Å². The van der Waals surface area contributed by atoms with E-state index in [1.54, 1.807) is 24.3 Å². The summed E-state index contributed by atoms with van der Waals surface area (Å²) in [6.07, 6.45) is 0.331. The molecule has 0 aliphatic heterocycles. The zero-order valence-electron chi connectivity index (χ0n) is 12.2. The maximum Gasteiger partial charge on any atom is 0.412 e. The van der Waals surface area contributed by atoms with Crippen molar-refractivity contribution in [2.75, 3.05) is 19.5 Å². The second-order valence-electron chi connectivity index (χ2n) is 3.89. The lowest BCUT2D eigenvalue weighted by molar-refractivity contribution is 0.145. The number of carbonyl (C=O) groups is 1. The van der Waals surface area contributed by atoms with Crippen molar-refractivity contribution in [3.8, 4) is 17.8 Å². The van der Waals surface area contributed by atoms with Crippen LogP contribution < -0.4 is 14.8 Å². The van der Waals surface area contributed by atoms with Gasteiger partial charge < -0.3 is 13.7 Å². The molecule has 120 valence electrons. The smallest absolute Gasteiger partial charge is 0.412 e. The standard InChI is InChI=1S/C13H16N2O6S/c1-10(7-8-20-22(17,18)14-2)21-13(16)15-11-5-4-6-12(9-11)19-3/h4-6,9-10,14H,1-3H3,(H,15,16). The molecule has 1 aromatic carbocycles. The number of rotatable bonds is 5. The second-order valence-corrected chi connectivity index (χ2v) is 5.38. The van der Waals surface area contributed by atoms with Gasteiger partial charge in [-0.15, -0.1) is 0 Å². The van der Waals surface area contributed by atoms with Crippen molar-refractivity contribution in [1.29, 1.82) is 0 Å². The van der Waals surface area contributed by atoms with Crippen LogP contribution in [0.4, 0.5) is 10.5 Å². The first-order valence-electron chi connectivity index (χ1n) is 6.10. The van der Waals surface area contributed by atoms with E-state index in [9.17, 15) is 13.2 Å². The zero-order valence-corrected chi connectivity index (χ0v) is 13.1. The second kappa shape index (κ2) is 8.11. The van der Waals surface area contributed by atoms with Gasteiger partial charge in [0.1, 0.15) is 11.9 Å². The number of methoxy groups -OCH3 is 1. The van der Waals surface area contributed by atoms with E-state index in [0.717, 1.165) is 0 Å². The predicted molar refractivity (Wildman–Crippen MR) is 79.4 cm³/mol. The van der Waals surface area contributed by atoms with E-state index in [4.69, 9.17) is 9.47 Å². The highest BCUT2D eigenvalue weighted by atomic mass is 32.2. The molecule has 1 unspecified atom stereocenters.